The first-order valence-electron chi connectivity index (χ1n) is 8.98. The summed E-state index contributed by atoms with van der Waals surface area (Å²) in [6.45, 7) is 3.23. The summed E-state index contributed by atoms with van der Waals surface area (Å²) in [6.07, 6.45) is 9.10. The zero-order chi connectivity index (χ0) is 18.6. The second-order valence-electron chi connectivity index (χ2n) is 6.75. The molecule has 1 fully saturated rings. The fourth-order valence-electron chi connectivity index (χ4n) is 3.38. The van der Waals surface area contributed by atoms with Gasteiger partial charge in [-0.2, -0.15) is 0 Å². The predicted octanol–water partition coefficient (Wildman–Crippen LogP) is 2.18. The Morgan fingerprint density at radius 1 is 1.19 bits per heavy atom. The number of carbonyl (C=O) groups excluding carboxylic acids is 1. The van der Waals surface area contributed by atoms with Crippen molar-refractivity contribution in [2.24, 2.45) is 0 Å². The number of nitrogens with zero attached hydrogens (tertiary/aromatic N) is 6. The molecule has 1 amide bonds. The van der Waals surface area contributed by atoms with Crippen LogP contribution in [0.15, 0.2) is 41.7 Å². The molecule has 0 aliphatic carbocycles. The fourth-order valence-corrected chi connectivity index (χ4v) is 3.38. The van der Waals surface area contributed by atoms with Crippen molar-refractivity contribution in [3.05, 3.63) is 54.1 Å². The Hall–Kier alpha value is -3.16. The molecule has 0 radical (unpaired) electrons. The number of hydrogen-bond acceptors (Lipinski definition) is 7. The predicted molar refractivity (Wildman–Crippen MR) is 96.6 cm³/mol. The molecule has 0 aromatic carbocycles. The maximum atomic E-state index is 12.6. The highest BCUT2D eigenvalue weighted by Gasteiger charge is 2.26. The van der Waals surface area contributed by atoms with E-state index < -0.39 is 0 Å². The molecule has 1 aliphatic heterocycles. The standard InChI is InChI=1S/C19H20N6O2/c1-13-18(24-27-23-13)7-19(26)25-6-2-3-15(11-25)17-5-4-14(10-22-17)16-8-20-12-21-9-16/h4-5,8-10,12,15H,2-3,6-7,11H2,1H3/t15-/m0/s1. The molecule has 1 atom stereocenters. The normalized spacial score (nSPS) is 17.1. The number of rotatable bonds is 4. The van der Waals surface area contributed by atoms with Crippen LogP contribution >= 0.6 is 0 Å². The summed E-state index contributed by atoms with van der Waals surface area (Å²) in [4.78, 5) is 27.2. The molecule has 0 saturated carbocycles. The summed E-state index contributed by atoms with van der Waals surface area (Å²) < 4.78 is 4.68. The summed E-state index contributed by atoms with van der Waals surface area (Å²) in [5.74, 6) is 0.289. The van der Waals surface area contributed by atoms with Gasteiger partial charge in [0.1, 0.15) is 17.7 Å². The first kappa shape index (κ1) is 17.3. The van der Waals surface area contributed by atoms with E-state index in [0.717, 1.165) is 36.2 Å². The van der Waals surface area contributed by atoms with Crippen LogP contribution in [-0.2, 0) is 11.2 Å². The van der Waals surface area contributed by atoms with Crippen molar-refractivity contribution in [2.45, 2.75) is 32.1 Å². The molecule has 0 spiro atoms. The first-order valence-corrected chi connectivity index (χ1v) is 8.98. The van der Waals surface area contributed by atoms with E-state index >= 15 is 0 Å². The van der Waals surface area contributed by atoms with Crippen LogP contribution < -0.4 is 0 Å². The van der Waals surface area contributed by atoms with Crippen molar-refractivity contribution < 1.29 is 9.42 Å². The highest BCUT2D eigenvalue weighted by atomic mass is 16.6. The van der Waals surface area contributed by atoms with Gasteiger partial charge in [-0.3, -0.25) is 9.78 Å². The molecule has 4 heterocycles. The number of pyridine rings is 1. The van der Waals surface area contributed by atoms with Gasteiger partial charge in [-0.25, -0.2) is 14.6 Å². The SMILES string of the molecule is Cc1nonc1CC(=O)N1CCC[C@H](c2ccc(-c3cncnc3)cn2)C1. The van der Waals surface area contributed by atoms with Gasteiger partial charge in [-0.05, 0) is 25.8 Å². The Balaban J connectivity index is 1.43. The Kier molecular flexibility index (Phi) is 4.86. The van der Waals surface area contributed by atoms with E-state index in [4.69, 9.17) is 0 Å². The summed E-state index contributed by atoms with van der Waals surface area (Å²) >= 11 is 0. The monoisotopic (exact) mass is 364 g/mol. The van der Waals surface area contributed by atoms with Gasteiger partial charge in [-0.15, -0.1) is 0 Å². The van der Waals surface area contributed by atoms with E-state index in [1.807, 2.05) is 23.2 Å². The molecule has 1 saturated heterocycles. The number of aromatic nitrogens is 5. The largest absolute Gasteiger partial charge is 0.342 e. The van der Waals surface area contributed by atoms with E-state index in [0.29, 0.717) is 17.9 Å². The summed E-state index contributed by atoms with van der Waals surface area (Å²) in [7, 11) is 0. The second-order valence-corrected chi connectivity index (χ2v) is 6.75. The highest BCUT2D eigenvalue weighted by Crippen LogP contribution is 2.27. The topological polar surface area (TPSA) is 97.9 Å². The van der Waals surface area contributed by atoms with Crippen molar-refractivity contribution in [3.8, 4) is 11.1 Å². The number of aryl methyl sites for hydroxylation is 1. The fraction of sp³-hybridized carbons (Fsp3) is 0.368. The highest BCUT2D eigenvalue weighted by molar-refractivity contribution is 5.78. The lowest BCUT2D eigenvalue weighted by Crippen LogP contribution is -2.40. The summed E-state index contributed by atoms with van der Waals surface area (Å²) in [5, 5.41) is 7.54. The van der Waals surface area contributed by atoms with Gasteiger partial charge in [0, 0.05) is 54.4 Å². The van der Waals surface area contributed by atoms with Crippen molar-refractivity contribution in [2.75, 3.05) is 13.1 Å². The lowest BCUT2D eigenvalue weighted by atomic mass is 9.93. The minimum atomic E-state index is 0.0524. The third kappa shape index (κ3) is 3.84. The number of piperidine rings is 1. The van der Waals surface area contributed by atoms with Gasteiger partial charge in [0.2, 0.25) is 5.91 Å². The van der Waals surface area contributed by atoms with Gasteiger partial charge in [0.25, 0.3) is 0 Å². The lowest BCUT2D eigenvalue weighted by molar-refractivity contribution is -0.131. The molecule has 3 aromatic heterocycles. The molecule has 8 nitrogen and oxygen atoms in total. The zero-order valence-corrected chi connectivity index (χ0v) is 15.1. The molecular formula is C19H20N6O2. The number of likely N-dealkylation sites (tertiary alicyclic amines) is 1. The van der Waals surface area contributed by atoms with Crippen LogP contribution in [0.1, 0.15) is 35.8 Å². The van der Waals surface area contributed by atoms with E-state index in [1.54, 1.807) is 19.3 Å². The molecule has 0 N–H and O–H groups in total. The molecule has 27 heavy (non-hydrogen) atoms. The van der Waals surface area contributed by atoms with E-state index in [2.05, 4.69) is 29.9 Å². The van der Waals surface area contributed by atoms with Gasteiger partial charge in [-0.1, -0.05) is 16.4 Å². The Morgan fingerprint density at radius 2 is 2.04 bits per heavy atom. The maximum absolute atomic E-state index is 12.6. The Labute approximate surface area is 156 Å². The zero-order valence-electron chi connectivity index (χ0n) is 15.1. The Morgan fingerprint density at radius 3 is 2.74 bits per heavy atom. The average Bonchev–Trinajstić information content (AvgIpc) is 3.13. The van der Waals surface area contributed by atoms with Crippen LogP contribution in [-0.4, -0.2) is 49.2 Å². The first-order chi connectivity index (χ1) is 13.2. The minimum Gasteiger partial charge on any atom is -0.342 e. The maximum Gasteiger partial charge on any atom is 0.228 e. The van der Waals surface area contributed by atoms with Gasteiger partial charge in [0.15, 0.2) is 0 Å². The third-order valence-electron chi connectivity index (χ3n) is 4.94. The van der Waals surface area contributed by atoms with Crippen LogP contribution in [0.3, 0.4) is 0 Å². The van der Waals surface area contributed by atoms with Crippen LogP contribution in [0.25, 0.3) is 11.1 Å². The second kappa shape index (κ2) is 7.61. The molecular weight excluding hydrogens is 344 g/mol. The minimum absolute atomic E-state index is 0.0524. The van der Waals surface area contributed by atoms with Crippen LogP contribution in [0.4, 0.5) is 0 Å². The smallest absolute Gasteiger partial charge is 0.228 e. The summed E-state index contributed by atoms with van der Waals surface area (Å²) in [6, 6.07) is 4.07. The third-order valence-corrected chi connectivity index (χ3v) is 4.94. The number of hydrogen-bond donors (Lipinski definition) is 0. The van der Waals surface area contributed by atoms with Gasteiger partial charge < -0.3 is 4.90 Å². The number of carbonyl (C=O) groups is 1. The van der Waals surface area contributed by atoms with E-state index in [-0.39, 0.29) is 18.2 Å². The molecule has 8 heteroatoms. The lowest BCUT2D eigenvalue weighted by Gasteiger charge is -2.32. The molecule has 3 aromatic rings. The van der Waals surface area contributed by atoms with Crippen molar-refractivity contribution in [1.29, 1.82) is 0 Å². The quantitative estimate of drug-likeness (QED) is 0.700. The summed E-state index contributed by atoms with van der Waals surface area (Å²) in [5.41, 5.74) is 4.20. The number of amides is 1. The van der Waals surface area contributed by atoms with Crippen LogP contribution in [0.2, 0.25) is 0 Å². The van der Waals surface area contributed by atoms with Crippen molar-refractivity contribution in [3.63, 3.8) is 0 Å². The van der Waals surface area contributed by atoms with E-state index in [1.165, 1.54) is 6.33 Å². The van der Waals surface area contributed by atoms with Crippen molar-refractivity contribution >= 4 is 5.91 Å². The van der Waals surface area contributed by atoms with E-state index in [9.17, 15) is 4.79 Å². The Bertz CT molecular complexity index is 909. The molecule has 138 valence electrons. The molecule has 0 bridgehead atoms. The van der Waals surface area contributed by atoms with Crippen molar-refractivity contribution in [1.82, 2.24) is 30.2 Å². The van der Waals surface area contributed by atoms with Gasteiger partial charge >= 0.3 is 0 Å². The van der Waals surface area contributed by atoms with Crippen LogP contribution in [0.5, 0.6) is 0 Å². The molecule has 0 unspecified atom stereocenters. The van der Waals surface area contributed by atoms with Crippen LogP contribution in [0, 0.1) is 6.92 Å². The molecule has 1 aliphatic rings. The average molecular weight is 364 g/mol. The van der Waals surface area contributed by atoms with Gasteiger partial charge in [0.05, 0.1) is 6.42 Å². The molecule has 4 rings (SSSR count).